The zero-order chi connectivity index (χ0) is 17.9. The second kappa shape index (κ2) is 7.13. The van der Waals surface area contributed by atoms with Gasteiger partial charge in [0.25, 0.3) is 5.91 Å². The third-order valence-electron chi connectivity index (χ3n) is 4.56. The number of hydrogen-bond acceptors (Lipinski definition) is 6. The molecule has 7 heteroatoms. The zero-order valence-corrected chi connectivity index (χ0v) is 14.4. The molecule has 0 radical (unpaired) electrons. The van der Waals surface area contributed by atoms with Crippen LogP contribution in [0.15, 0.2) is 47.2 Å². The molecule has 1 fully saturated rings. The Hall–Kier alpha value is -2.93. The quantitative estimate of drug-likeness (QED) is 0.702. The minimum absolute atomic E-state index is 0.0863. The predicted molar refractivity (Wildman–Crippen MR) is 93.9 cm³/mol. The molecule has 4 rings (SSSR count). The van der Waals surface area contributed by atoms with Crippen molar-refractivity contribution in [2.45, 2.75) is 19.1 Å². The maximum Gasteiger partial charge on any atom is 0.276 e. The molecule has 1 aliphatic heterocycles. The van der Waals surface area contributed by atoms with Crippen molar-refractivity contribution >= 4 is 16.7 Å². The number of hydrogen-bond donors (Lipinski definition) is 0. The molecule has 1 aliphatic rings. The van der Waals surface area contributed by atoms with Crippen LogP contribution >= 0.6 is 0 Å². The number of amides is 1. The number of nitrogens with zero attached hydrogens (tertiary/aromatic N) is 3. The number of fused-ring (bicyclic) bond motifs is 1. The maximum absolute atomic E-state index is 12.5. The Morgan fingerprint density at radius 1 is 1.38 bits per heavy atom. The highest BCUT2D eigenvalue weighted by atomic mass is 16.5. The van der Waals surface area contributed by atoms with Crippen molar-refractivity contribution in [2.75, 3.05) is 20.3 Å². The van der Waals surface area contributed by atoms with E-state index in [2.05, 4.69) is 10.1 Å². The van der Waals surface area contributed by atoms with E-state index in [4.69, 9.17) is 14.0 Å². The van der Waals surface area contributed by atoms with Crippen LogP contribution in [0.2, 0.25) is 0 Å². The van der Waals surface area contributed by atoms with Crippen LogP contribution in [-0.4, -0.2) is 47.3 Å². The molecular formula is C19H19N3O4. The normalized spacial score (nSPS) is 16.7. The summed E-state index contributed by atoms with van der Waals surface area (Å²) < 4.78 is 16.4. The molecule has 1 amide bonds. The summed E-state index contributed by atoms with van der Waals surface area (Å²) in [6.45, 7) is 1.44. The van der Waals surface area contributed by atoms with Gasteiger partial charge in [0.05, 0.1) is 12.6 Å². The van der Waals surface area contributed by atoms with Gasteiger partial charge < -0.3 is 18.9 Å². The van der Waals surface area contributed by atoms with Gasteiger partial charge in [-0.05, 0) is 18.6 Å². The standard InChI is InChI=1S/C19H19N3O4/c1-22(14-6-8-24-11-14)19(23)17-9-15(26-21-17)12-25-18-4-2-3-13-10-20-7-5-16(13)18/h2-5,7,9-10,14H,6,8,11-12H2,1H3/t14-/m1/s1. The van der Waals surface area contributed by atoms with Crippen LogP contribution in [0.25, 0.3) is 10.8 Å². The van der Waals surface area contributed by atoms with Crippen molar-refractivity contribution in [1.29, 1.82) is 0 Å². The monoisotopic (exact) mass is 353 g/mol. The molecule has 3 aromatic rings. The highest BCUT2D eigenvalue weighted by Gasteiger charge is 2.26. The first kappa shape index (κ1) is 16.5. The van der Waals surface area contributed by atoms with Gasteiger partial charge in [0.15, 0.2) is 11.5 Å². The number of aromatic nitrogens is 2. The smallest absolute Gasteiger partial charge is 0.276 e. The molecule has 0 unspecified atom stereocenters. The van der Waals surface area contributed by atoms with Gasteiger partial charge in [-0.25, -0.2) is 0 Å². The van der Waals surface area contributed by atoms with E-state index in [-0.39, 0.29) is 24.2 Å². The molecule has 0 spiro atoms. The number of likely N-dealkylation sites (N-methyl/N-ethyl adjacent to an activating group) is 1. The molecule has 2 aromatic heterocycles. The third-order valence-corrected chi connectivity index (χ3v) is 4.56. The fourth-order valence-corrected chi connectivity index (χ4v) is 3.02. The topological polar surface area (TPSA) is 77.7 Å². The summed E-state index contributed by atoms with van der Waals surface area (Å²) in [7, 11) is 1.76. The maximum atomic E-state index is 12.5. The lowest BCUT2D eigenvalue weighted by Crippen LogP contribution is -2.37. The zero-order valence-electron chi connectivity index (χ0n) is 14.4. The van der Waals surface area contributed by atoms with Crippen LogP contribution in [0, 0.1) is 0 Å². The van der Waals surface area contributed by atoms with E-state index < -0.39 is 0 Å². The summed E-state index contributed by atoms with van der Waals surface area (Å²) in [6.07, 6.45) is 4.35. The highest BCUT2D eigenvalue weighted by molar-refractivity contribution is 5.92. The van der Waals surface area contributed by atoms with E-state index in [1.54, 1.807) is 30.4 Å². The minimum Gasteiger partial charge on any atom is -0.485 e. The fourth-order valence-electron chi connectivity index (χ4n) is 3.02. The average Bonchev–Trinajstić information content (AvgIpc) is 3.37. The van der Waals surface area contributed by atoms with Crippen LogP contribution in [0.5, 0.6) is 5.75 Å². The van der Waals surface area contributed by atoms with Gasteiger partial charge in [0.1, 0.15) is 12.4 Å². The lowest BCUT2D eigenvalue weighted by molar-refractivity contribution is 0.0700. The molecule has 26 heavy (non-hydrogen) atoms. The Bertz CT molecular complexity index is 913. The Balaban J connectivity index is 1.44. The first-order chi connectivity index (χ1) is 12.7. The van der Waals surface area contributed by atoms with Gasteiger partial charge in [-0.2, -0.15) is 0 Å². The van der Waals surface area contributed by atoms with Crippen LogP contribution in [0.4, 0.5) is 0 Å². The molecule has 1 atom stereocenters. The molecule has 1 aromatic carbocycles. The second-order valence-electron chi connectivity index (χ2n) is 6.25. The molecule has 0 saturated carbocycles. The molecule has 134 valence electrons. The lowest BCUT2D eigenvalue weighted by atomic mass is 10.1. The number of benzene rings is 1. The summed E-state index contributed by atoms with van der Waals surface area (Å²) in [4.78, 5) is 18.3. The van der Waals surface area contributed by atoms with Gasteiger partial charge in [0, 0.05) is 42.9 Å². The van der Waals surface area contributed by atoms with Gasteiger partial charge in [0.2, 0.25) is 0 Å². The van der Waals surface area contributed by atoms with Crippen LogP contribution in [0.1, 0.15) is 22.7 Å². The number of rotatable bonds is 5. The first-order valence-corrected chi connectivity index (χ1v) is 8.48. The fraction of sp³-hybridized carbons (Fsp3) is 0.316. The Labute approximate surface area is 150 Å². The van der Waals surface area contributed by atoms with E-state index >= 15 is 0 Å². The summed E-state index contributed by atoms with van der Waals surface area (Å²) in [5.74, 6) is 1.05. The van der Waals surface area contributed by atoms with E-state index in [0.717, 1.165) is 22.9 Å². The molecule has 7 nitrogen and oxygen atoms in total. The molecule has 0 aliphatic carbocycles. The second-order valence-corrected chi connectivity index (χ2v) is 6.25. The van der Waals surface area contributed by atoms with E-state index in [0.29, 0.717) is 19.0 Å². The van der Waals surface area contributed by atoms with Gasteiger partial charge in [-0.15, -0.1) is 0 Å². The SMILES string of the molecule is CN(C(=O)c1cc(COc2cccc3cnccc23)on1)[C@@H]1CCOC1. The summed E-state index contributed by atoms with van der Waals surface area (Å²) in [6, 6.07) is 9.39. The number of carbonyl (C=O) groups is 1. The first-order valence-electron chi connectivity index (χ1n) is 8.48. The Morgan fingerprint density at radius 3 is 3.15 bits per heavy atom. The van der Waals surface area contributed by atoms with Crippen LogP contribution in [0.3, 0.4) is 0 Å². The lowest BCUT2D eigenvalue weighted by Gasteiger charge is -2.21. The van der Waals surface area contributed by atoms with Crippen LogP contribution in [-0.2, 0) is 11.3 Å². The molecule has 0 N–H and O–H groups in total. The van der Waals surface area contributed by atoms with Crippen molar-refractivity contribution < 1.29 is 18.8 Å². The Kier molecular flexibility index (Phi) is 4.53. The van der Waals surface area contributed by atoms with E-state index in [9.17, 15) is 4.79 Å². The van der Waals surface area contributed by atoms with Crippen molar-refractivity contribution in [3.05, 3.63) is 54.2 Å². The minimum atomic E-state index is -0.174. The van der Waals surface area contributed by atoms with Gasteiger partial charge in [-0.3, -0.25) is 9.78 Å². The van der Waals surface area contributed by atoms with Gasteiger partial charge >= 0.3 is 0 Å². The number of pyridine rings is 1. The van der Waals surface area contributed by atoms with Crippen molar-refractivity contribution in [3.8, 4) is 5.75 Å². The van der Waals surface area contributed by atoms with Crippen molar-refractivity contribution in [3.63, 3.8) is 0 Å². The predicted octanol–water partition coefficient (Wildman–Crippen LogP) is 2.66. The molecule has 3 heterocycles. The number of carbonyl (C=O) groups excluding carboxylic acids is 1. The highest BCUT2D eigenvalue weighted by Crippen LogP contribution is 2.25. The molecule has 0 bridgehead atoms. The van der Waals surface area contributed by atoms with Crippen molar-refractivity contribution in [2.24, 2.45) is 0 Å². The van der Waals surface area contributed by atoms with E-state index in [1.807, 2.05) is 24.3 Å². The summed E-state index contributed by atoms with van der Waals surface area (Å²) >= 11 is 0. The summed E-state index contributed by atoms with van der Waals surface area (Å²) in [5, 5.41) is 5.86. The van der Waals surface area contributed by atoms with Crippen molar-refractivity contribution in [1.82, 2.24) is 15.0 Å². The largest absolute Gasteiger partial charge is 0.485 e. The molecular weight excluding hydrogens is 334 g/mol. The Morgan fingerprint density at radius 2 is 2.31 bits per heavy atom. The van der Waals surface area contributed by atoms with E-state index in [1.165, 1.54) is 0 Å². The summed E-state index contributed by atoms with van der Waals surface area (Å²) in [5.41, 5.74) is 0.278. The van der Waals surface area contributed by atoms with Crippen LogP contribution < -0.4 is 4.74 Å². The number of ether oxygens (including phenoxy) is 2. The molecule has 1 saturated heterocycles. The van der Waals surface area contributed by atoms with Gasteiger partial charge in [-0.1, -0.05) is 17.3 Å². The third kappa shape index (κ3) is 3.25. The average molecular weight is 353 g/mol.